The Morgan fingerprint density at radius 2 is 1.56 bits per heavy atom. The summed E-state index contributed by atoms with van der Waals surface area (Å²) in [5, 5.41) is 2.82. The number of rotatable bonds is 3. The molecule has 0 radical (unpaired) electrons. The molecule has 0 spiro atoms. The molecule has 144 valence electrons. The van der Waals surface area contributed by atoms with Crippen molar-refractivity contribution in [3.63, 3.8) is 0 Å². The number of aryl methyl sites for hydroxylation is 1. The van der Waals surface area contributed by atoms with Crippen molar-refractivity contribution in [1.82, 2.24) is 0 Å². The molecule has 0 N–H and O–H groups in total. The summed E-state index contributed by atoms with van der Waals surface area (Å²) in [6.07, 6.45) is 9.86. The van der Waals surface area contributed by atoms with Crippen LogP contribution in [0.2, 0.25) is 0 Å². The van der Waals surface area contributed by atoms with Crippen molar-refractivity contribution in [2.45, 2.75) is 51.9 Å². The van der Waals surface area contributed by atoms with Gasteiger partial charge in [-0.15, -0.1) is 59.3 Å². The third-order valence-electron chi connectivity index (χ3n) is 5.67. The second-order valence-corrected chi connectivity index (χ2v) is 7.60. The number of benzene rings is 2. The molecule has 0 saturated heterocycles. The van der Waals surface area contributed by atoms with Gasteiger partial charge in [-0.25, -0.2) is 0 Å². The average Bonchev–Trinajstić information content (AvgIpc) is 2.83. The van der Waals surface area contributed by atoms with Crippen LogP contribution in [0.5, 0.6) is 0 Å². The first-order valence-corrected chi connectivity index (χ1v) is 9.55. The van der Waals surface area contributed by atoms with Crippen LogP contribution in [0.3, 0.4) is 0 Å². The Morgan fingerprint density at radius 1 is 0.889 bits per heavy atom. The first kappa shape index (κ1) is 24.6. The monoisotopic (exact) mass is 477 g/mol. The van der Waals surface area contributed by atoms with E-state index in [1.807, 2.05) is 0 Å². The molecular formula is C24H29Cl2Zr-. The zero-order chi connectivity index (χ0) is 16.4. The Labute approximate surface area is 195 Å². The molecular weight excluding hydrogens is 450 g/mol. The van der Waals surface area contributed by atoms with Crippen LogP contribution < -0.4 is 0 Å². The maximum Gasteiger partial charge on any atom is 0 e. The fraction of sp³-hybridized carbons (Fsp3) is 0.375. The second kappa shape index (κ2) is 11.5. The molecule has 0 aliphatic heterocycles. The van der Waals surface area contributed by atoms with Gasteiger partial charge in [0.2, 0.25) is 0 Å². The normalized spacial score (nSPS) is 14.6. The van der Waals surface area contributed by atoms with Gasteiger partial charge in [0, 0.05) is 26.2 Å². The maximum atomic E-state index is 2.45. The number of halogens is 2. The molecule has 0 nitrogen and oxygen atoms in total. The summed E-state index contributed by atoms with van der Waals surface area (Å²) in [6, 6.07) is 20.5. The van der Waals surface area contributed by atoms with Crippen LogP contribution in [-0.4, -0.2) is 0 Å². The average molecular weight is 480 g/mol. The van der Waals surface area contributed by atoms with Crippen molar-refractivity contribution in [2.24, 2.45) is 5.92 Å². The molecule has 1 aliphatic carbocycles. The third-order valence-corrected chi connectivity index (χ3v) is 5.67. The van der Waals surface area contributed by atoms with Crippen molar-refractivity contribution in [3.05, 3.63) is 65.7 Å². The number of hydrogen-bond acceptors (Lipinski definition) is 0. The van der Waals surface area contributed by atoms with Crippen LogP contribution in [0, 0.1) is 12.8 Å². The molecule has 0 amide bonds. The van der Waals surface area contributed by atoms with E-state index in [9.17, 15) is 0 Å². The smallest absolute Gasteiger partial charge is 0 e. The molecule has 27 heavy (non-hydrogen) atoms. The fourth-order valence-electron chi connectivity index (χ4n) is 4.30. The molecule has 0 atom stereocenters. The molecule has 1 saturated carbocycles. The van der Waals surface area contributed by atoms with Gasteiger partial charge in [-0.2, -0.15) is 6.07 Å². The molecule has 3 heteroatoms. The quantitative estimate of drug-likeness (QED) is 0.265. The minimum Gasteiger partial charge on any atom is -0.164 e. The Hall–Kier alpha value is -0.487. The van der Waals surface area contributed by atoms with Crippen LogP contribution in [-0.2, 0) is 32.6 Å². The number of hydrogen-bond donors (Lipinski definition) is 0. The van der Waals surface area contributed by atoms with E-state index >= 15 is 0 Å². The van der Waals surface area contributed by atoms with Crippen LogP contribution in [0.25, 0.3) is 21.9 Å². The van der Waals surface area contributed by atoms with Crippen LogP contribution in [0.4, 0.5) is 0 Å². The van der Waals surface area contributed by atoms with Gasteiger partial charge in [0.15, 0.2) is 0 Å². The van der Waals surface area contributed by atoms with Crippen molar-refractivity contribution < 1.29 is 26.2 Å². The minimum absolute atomic E-state index is 0. The fourth-order valence-corrected chi connectivity index (χ4v) is 4.30. The zero-order valence-corrected chi connectivity index (χ0v) is 20.1. The Bertz CT molecular complexity index is 812. The summed E-state index contributed by atoms with van der Waals surface area (Å²) in [6.45, 7) is 2.15. The van der Waals surface area contributed by atoms with Gasteiger partial charge >= 0.3 is 0 Å². The Balaban J connectivity index is 0.00000121. The molecule has 0 aromatic heterocycles. The summed E-state index contributed by atoms with van der Waals surface area (Å²) in [5.74, 6) is 0.895. The SMILES string of the molecule is Cc1ccc(-c2cccc3[cH-]c(CC4CCCCCC4)cc23)cc1.Cl.Cl.[Zr]. The van der Waals surface area contributed by atoms with Crippen molar-refractivity contribution in [3.8, 4) is 11.1 Å². The molecule has 4 rings (SSSR count). The largest absolute Gasteiger partial charge is 0.164 e. The standard InChI is InChI=1S/C24H27.2ClH.Zr/c1-18-11-13-21(14-12-18)23-10-6-9-22-16-20(17-24(22)23)15-19-7-4-2-3-5-8-19;;;/h6,9-14,16-17,19H,2-5,7-8,15H2,1H3;2*1H;/q-1;;;. The third kappa shape index (κ3) is 5.99. The molecule has 1 aliphatic rings. The van der Waals surface area contributed by atoms with Crippen molar-refractivity contribution >= 4 is 35.6 Å². The Kier molecular flexibility index (Phi) is 10.5. The first-order valence-electron chi connectivity index (χ1n) is 9.55. The van der Waals surface area contributed by atoms with E-state index in [2.05, 4.69) is 61.5 Å². The molecule has 3 aromatic carbocycles. The molecule has 0 heterocycles. The maximum absolute atomic E-state index is 2.45. The van der Waals surface area contributed by atoms with Gasteiger partial charge in [-0.1, -0.05) is 80.0 Å². The van der Waals surface area contributed by atoms with Gasteiger partial charge in [-0.3, -0.25) is 0 Å². The van der Waals surface area contributed by atoms with E-state index in [0.29, 0.717) is 0 Å². The molecule has 0 bridgehead atoms. The molecule has 3 aromatic rings. The predicted octanol–water partition coefficient (Wildman–Crippen LogP) is 7.89. The van der Waals surface area contributed by atoms with Crippen LogP contribution >= 0.6 is 24.8 Å². The summed E-state index contributed by atoms with van der Waals surface area (Å²) in [4.78, 5) is 0. The van der Waals surface area contributed by atoms with Crippen molar-refractivity contribution in [1.29, 1.82) is 0 Å². The van der Waals surface area contributed by atoms with E-state index in [1.165, 1.54) is 78.0 Å². The van der Waals surface area contributed by atoms with Crippen LogP contribution in [0.15, 0.2) is 54.6 Å². The first-order chi connectivity index (χ1) is 11.8. The van der Waals surface area contributed by atoms with Crippen molar-refractivity contribution in [2.75, 3.05) is 0 Å². The van der Waals surface area contributed by atoms with Gasteiger partial charge in [0.25, 0.3) is 0 Å². The van der Waals surface area contributed by atoms with Gasteiger partial charge < -0.3 is 0 Å². The summed E-state index contributed by atoms with van der Waals surface area (Å²) in [5.41, 5.74) is 5.57. The summed E-state index contributed by atoms with van der Waals surface area (Å²) < 4.78 is 0. The summed E-state index contributed by atoms with van der Waals surface area (Å²) in [7, 11) is 0. The van der Waals surface area contributed by atoms with E-state index in [-0.39, 0.29) is 51.0 Å². The van der Waals surface area contributed by atoms with Gasteiger partial charge in [0.05, 0.1) is 0 Å². The molecule has 0 unspecified atom stereocenters. The van der Waals surface area contributed by atoms with E-state index in [4.69, 9.17) is 0 Å². The predicted molar refractivity (Wildman–Crippen MR) is 119 cm³/mol. The van der Waals surface area contributed by atoms with E-state index < -0.39 is 0 Å². The van der Waals surface area contributed by atoms with Gasteiger partial charge in [0.1, 0.15) is 0 Å². The second-order valence-electron chi connectivity index (χ2n) is 7.60. The minimum atomic E-state index is 0. The summed E-state index contributed by atoms with van der Waals surface area (Å²) >= 11 is 0. The number of fused-ring (bicyclic) bond motifs is 1. The topological polar surface area (TPSA) is 0 Å². The zero-order valence-electron chi connectivity index (χ0n) is 16.0. The van der Waals surface area contributed by atoms with Crippen LogP contribution in [0.1, 0.15) is 49.7 Å². The van der Waals surface area contributed by atoms with Gasteiger partial charge in [-0.05, 0) is 24.8 Å². The van der Waals surface area contributed by atoms with E-state index in [0.717, 1.165) is 5.92 Å². The molecule has 1 fully saturated rings. The Morgan fingerprint density at radius 3 is 2.22 bits per heavy atom. The van der Waals surface area contributed by atoms with E-state index in [1.54, 1.807) is 0 Å².